The van der Waals surface area contributed by atoms with Crippen LogP contribution >= 0.6 is 0 Å². The molecule has 0 spiro atoms. The zero-order valence-corrected chi connectivity index (χ0v) is 10.2. The van der Waals surface area contributed by atoms with Gasteiger partial charge in [-0.2, -0.15) is 5.10 Å². The second kappa shape index (κ2) is 4.53. The first-order valence-corrected chi connectivity index (χ1v) is 6.16. The van der Waals surface area contributed by atoms with Crippen molar-refractivity contribution in [2.75, 3.05) is 6.61 Å². The van der Waals surface area contributed by atoms with Crippen molar-refractivity contribution in [3.05, 3.63) is 12.2 Å². The van der Waals surface area contributed by atoms with E-state index >= 15 is 0 Å². The van der Waals surface area contributed by atoms with E-state index in [-0.39, 0.29) is 12.0 Å². The molecule has 1 N–H and O–H groups in total. The van der Waals surface area contributed by atoms with Gasteiger partial charge in [-0.15, -0.1) is 0 Å². The van der Waals surface area contributed by atoms with Gasteiger partial charge in [0, 0.05) is 24.5 Å². The highest BCUT2D eigenvalue weighted by atomic mass is 16.3. The van der Waals surface area contributed by atoms with E-state index in [2.05, 4.69) is 23.9 Å². The molecule has 0 saturated heterocycles. The lowest BCUT2D eigenvalue weighted by Crippen LogP contribution is -2.26. The van der Waals surface area contributed by atoms with Crippen LogP contribution in [0, 0.1) is 5.41 Å². The van der Waals surface area contributed by atoms with Crippen molar-refractivity contribution < 1.29 is 5.11 Å². The Kier molecular flexibility index (Phi) is 3.28. The third-order valence-corrected chi connectivity index (χ3v) is 3.67. The van der Waals surface area contributed by atoms with Crippen LogP contribution in [0.2, 0.25) is 0 Å². The Labute approximate surface area is 96.7 Å². The molecule has 0 unspecified atom stereocenters. The van der Waals surface area contributed by atoms with Gasteiger partial charge in [0.2, 0.25) is 0 Å². The molecule has 1 saturated carbocycles. The van der Waals surface area contributed by atoms with Gasteiger partial charge < -0.3 is 5.11 Å². The molecule has 1 aromatic rings. The lowest BCUT2D eigenvalue weighted by molar-refractivity contribution is 0.126. The lowest BCUT2D eigenvalue weighted by Gasteiger charge is -2.26. The van der Waals surface area contributed by atoms with Gasteiger partial charge in [0.25, 0.3) is 0 Å². The molecule has 1 heterocycles. The third kappa shape index (κ3) is 2.12. The molecule has 2 rings (SSSR count). The van der Waals surface area contributed by atoms with Gasteiger partial charge in [0.15, 0.2) is 0 Å². The minimum absolute atomic E-state index is 0.0691. The van der Waals surface area contributed by atoms with E-state index in [0.717, 1.165) is 25.1 Å². The van der Waals surface area contributed by atoms with Crippen LogP contribution in [-0.4, -0.2) is 26.5 Å². The largest absolute Gasteiger partial charge is 0.396 e. The maximum atomic E-state index is 9.59. The van der Waals surface area contributed by atoms with Crippen molar-refractivity contribution in [3.8, 4) is 0 Å². The second-order valence-electron chi connectivity index (χ2n) is 5.26. The lowest BCUT2D eigenvalue weighted by atomic mass is 9.83. The maximum Gasteiger partial charge on any atom is 0.138 e. The Hall–Kier alpha value is -0.900. The van der Waals surface area contributed by atoms with Crippen molar-refractivity contribution in [2.45, 2.75) is 52.0 Å². The Bertz CT molecular complexity index is 340. The van der Waals surface area contributed by atoms with Crippen LogP contribution in [0.25, 0.3) is 0 Å². The fourth-order valence-electron chi connectivity index (χ4n) is 2.68. The monoisotopic (exact) mass is 223 g/mol. The van der Waals surface area contributed by atoms with E-state index < -0.39 is 0 Å². The Balaban J connectivity index is 2.16. The van der Waals surface area contributed by atoms with Gasteiger partial charge in [-0.25, -0.2) is 9.67 Å². The first-order valence-electron chi connectivity index (χ1n) is 6.16. The summed E-state index contributed by atoms with van der Waals surface area (Å²) in [6.07, 6.45) is 7.19. The molecule has 4 nitrogen and oxygen atoms in total. The summed E-state index contributed by atoms with van der Waals surface area (Å²) >= 11 is 0. The van der Waals surface area contributed by atoms with Crippen LogP contribution in [0.15, 0.2) is 6.33 Å². The summed E-state index contributed by atoms with van der Waals surface area (Å²) in [7, 11) is 0. The summed E-state index contributed by atoms with van der Waals surface area (Å²) in [6.45, 7) is 4.49. The van der Waals surface area contributed by atoms with Crippen LogP contribution in [0.5, 0.6) is 0 Å². The Morgan fingerprint density at radius 1 is 1.44 bits per heavy atom. The molecular weight excluding hydrogens is 202 g/mol. The third-order valence-electron chi connectivity index (χ3n) is 3.67. The predicted molar refractivity (Wildman–Crippen MR) is 62.1 cm³/mol. The molecule has 1 fully saturated rings. The molecule has 0 atom stereocenters. The van der Waals surface area contributed by atoms with E-state index in [4.69, 9.17) is 0 Å². The van der Waals surface area contributed by atoms with Gasteiger partial charge in [-0.1, -0.05) is 12.8 Å². The SMILES string of the molecule is CC(C)n1ncnc1CC1(CO)CCCC1. The standard InChI is InChI=1S/C12H21N3O/c1-10(2)15-11(13-9-14-15)7-12(8-16)5-3-4-6-12/h9-10,16H,3-8H2,1-2H3. The molecule has 0 bridgehead atoms. The van der Waals surface area contributed by atoms with Gasteiger partial charge in [0.05, 0.1) is 0 Å². The highest BCUT2D eigenvalue weighted by Gasteiger charge is 2.34. The van der Waals surface area contributed by atoms with Crippen LogP contribution in [0.4, 0.5) is 0 Å². The second-order valence-corrected chi connectivity index (χ2v) is 5.26. The van der Waals surface area contributed by atoms with E-state index in [1.807, 2.05) is 4.68 Å². The fourth-order valence-corrected chi connectivity index (χ4v) is 2.68. The van der Waals surface area contributed by atoms with Gasteiger partial charge >= 0.3 is 0 Å². The summed E-state index contributed by atoms with van der Waals surface area (Å²) in [5.74, 6) is 1.02. The van der Waals surface area contributed by atoms with Gasteiger partial charge in [0.1, 0.15) is 12.2 Å². The van der Waals surface area contributed by atoms with Crippen molar-refractivity contribution in [2.24, 2.45) is 5.41 Å². The van der Waals surface area contributed by atoms with E-state index in [9.17, 15) is 5.11 Å². The Morgan fingerprint density at radius 3 is 2.69 bits per heavy atom. The average molecular weight is 223 g/mol. The molecule has 0 amide bonds. The maximum absolute atomic E-state index is 9.59. The number of aliphatic hydroxyl groups is 1. The normalized spacial score (nSPS) is 19.5. The van der Waals surface area contributed by atoms with Crippen LogP contribution < -0.4 is 0 Å². The quantitative estimate of drug-likeness (QED) is 0.848. The molecule has 1 aliphatic carbocycles. The molecule has 1 aliphatic rings. The van der Waals surface area contributed by atoms with Crippen molar-refractivity contribution in [1.29, 1.82) is 0 Å². The van der Waals surface area contributed by atoms with Crippen LogP contribution in [0.1, 0.15) is 51.4 Å². The van der Waals surface area contributed by atoms with Gasteiger partial charge in [-0.3, -0.25) is 0 Å². The van der Waals surface area contributed by atoms with E-state index in [0.29, 0.717) is 6.04 Å². The number of aliphatic hydroxyl groups excluding tert-OH is 1. The highest BCUT2D eigenvalue weighted by Crippen LogP contribution is 2.40. The topological polar surface area (TPSA) is 50.9 Å². The molecule has 90 valence electrons. The summed E-state index contributed by atoms with van der Waals surface area (Å²) in [6, 6.07) is 0.342. The van der Waals surface area contributed by atoms with Crippen LogP contribution in [-0.2, 0) is 6.42 Å². The molecule has 0 aromatic carbocycles. The zero-order chi connectivity index (χ0) is 11.6. The van der Waals surface area contributed by atoms with Gasteiger partial charge in [-0.05, 0) is 26.7 Å². The van der Waals surface area contributed by atoms with Crippen LogP contribution in [0.3, 0.4) is 0 Å². The highest BCUT2D eigenvalue weighted by molar-refractivity contribution is 4.97. The minimum atomic E-state index is 0.0691. The summed E-state index contributed by atoms with van der Waals surface area (Å²) in [4.78, 5) is 4.33. The van der Waals surface area contributed by atoms with E-state index in [1.165, 1.54) is 12.8 Å². The predicted octanol–water partition coefficient (Wildman–Crippen LogP) is 1.95. The number of rotatable bonds is 4. The molecule has 1 aromatic heterocycles. The molecular formula is C12H21N3O. The van der Waals surface area contributed by atoms with Crippen molar-refractivity contribution in [1.82, 2.24) is 14.8 Å². The number of hydrogen-bond acceptors (Lipinski definition) is 3. The summed E-state index contributed by atoms with van der Waals surface area (Å²) < 4.78 is 1.97. The number of nitrogens with zero attached hydrogens (tertiary/aromatic N) is 3. The number of hydrogen-bond donors (Lipinski definition) is 1. The van der Waals surface area contributed by atoms with E-state index in [1.54, 1.807) is 6.33 Å². The van der Waals surface area contributed by atoms with Crippen molar-refractivity contribution >= 4 is 0 Å². The Morgan fingerprint density at radius 2 is 2.12 bits per heavy atom. The average Bonchev–Trinajstić information content (AvgIpc) is 2.88. The zero-order valence-electron chi connectivity index (χ0n) is 10.2. The molecule has 16 heavy (non-hydrogen) atoms. The smallest absolute Gasteiger partial charge is 0.138 e. The summed E-state index contributed by atoms with van der Waals surface area (Å²) in [5.41, 5.74) is 0.0691. The first kappa shape index (κ1) is 11.6. The molecule has 0 aliphatic heterocycles. The molecule has 0 radical (unpaired) electrons. The fraction of sp³-hybridized carbons (Fsp3) is 0.833. The van der Waals surface area contributed by atoms with Crippen molar-refractivity contribution in [3.63, 3.8) is 0 Å². The first-order chi connectivity index (χ1) is 7.67. The summed E-state index contributed by atoms with van der Waals surface area (Å²) in [5, 5.41) is 13.8. The number of aromatic nitrogens is 3. The molecule has 4 heteroatoms. The minimum Gasteiger partial charge on any atom is -0.396 e.